The normalized spacial score (nSPS) is 15.4. The van der Waals surface area contributed by atoms with Gasteiger partial charge in [0.15, 0.2) is 5.16 Å². The summed E-state index contributed by atoms with van der Waals surface area (Å²) in [4.78, 5) is 24.1. The molecule has 1 aliphatic rings. The Morgan fingerprint density at radius 2 is 2.19 bits per heavy atom. The molecule has 2 aromatic rings. The molecule has 0 aliphatic carbocycles. The number of fused-ring (bicyclic) bond motifs is 1. The van der Waals surface area contributed by atoms with E-state index in [1.54, 1.807) is 18.0 Å². The second kappa shape index (κ2) is 5.37. The predicted molar refractivity (Wildman–Crippen MR) is 85.2 cm³/mol. The Labute approximate surface area is 127 Å². The summed E-state index contributed by atoms with van der Waals surface area (Å²) in [5.74, 6) is 1.36. The third kappa shape index (κ3) is 2.58. The summed E-state index contributed by atoms with van der Waals surface area (Å²) in [5, 5.41) is 3.49. The molecule has 0 aromatic carbocycles. The molecule has 21 heavy (non-hydrogen) atoms. The van der Waals surface area contributed by atoms with Crippen LogP contribution in [0.1, 0.15) is 29.4 Å². The highest BCUT2D eigenvalue weighted by Crippen LogP contribution is 2.32. The number of rotatable bonds is 3. The monoisotopic (exact) mass is 300 g/mol. The van der Waals surface area contributed by atoms with E-state index < -0.39 is 0 Å². The Hall–Kier alpha value is -2.08. The Balaban J connectivity index is 2.03. The van der Waals surface area contributed by atoms with Crippen LogP contribution in [0.4, 0.5) is 5.82 Å². The first-order chi connectivity index (χ1) is 10.1. The lowest BCUT2D eigenvalue weighted by Gasteiger charge is -2.00. The molecule has 0 saturated heterocycles. The highest BCUT2D eigenvalue weighted by Gasteiger charge is 2.26. The molecule has 1 amide bonds. The molecule has 5 nitrogen and oxygen atoms in total. The van der Waals surface area contributed by atoms with E-state index >= 15 is 0 Å². The standard InChI is InChI=1S/C15H16N4OS/c1-4-21-15-16-7-11-10(14(20)18-13(11)19-15)6-12-8(2)5-9(3)17-12/h5-7,17H,4H2,1-3H3,(H,16,18,19,20). The van der Waals surface area contributed by atoms with Crippen LogP contribution < -0.4 is 5.32 Å². The van der Waals surface area contributed by atoms with Gasteiger partial charge < -0.3 is 10.3 Å². The molecule has 0 spiro atoms. The molecule has 0 fully saturated rings. The van der Waals surface area contributed by atoms with Gasteiger partial charge in [-0.3, -0.25) is 4.79 Å². The fourth-order valence-corrected chi connectivity index (χ4v) is 2.88. The number of carbonyl (C=O) groups excluding carboxylic acids is 1. The Morgan fingerprint density at radius 1 is 1.38 bits per heavy atom. The number of hydrogen-bond acceptors (Lipinski definition) is 4. The van der Waals surface area contributed by atoms with Crippen LogP contribution in [0.3, 0.4) is 0 Å². The molecule has 2 aromatic heterocycles. The number of carbonyl (C=O) groups is 1. The first kappa shape index (κ1) is 13.9. The zero-order chi connectivity index (χ0) is 15.0. The first-order valence-electron chi connectivity index (χ1n) is 6.78. The Morgan fingerprint density at radius 3 is 2.86 bits per heavy atom. The van der Waals surface area contributed by atoms with Gasteiger partial charge in [-0.25, -0.2) is 9.97 Å². The van der Waals surface area contributed by atoms with Gasteiger partial charge in [0.05, 0.1) is 5.57 Å². The van der Waals surface area contributed by atoms with E-state index in [-0.39, 0.29) is 5.91 Å². The number of aryl methyl sites for hydroxylation is 2. The highest BCUT2D eigenvalue weighted by molar-refractivity contribution is 7.99. The number of nitrogens with zero attached hydrogens (tertiary/aromatic N) is 2. The molecule has 6 heteroatoms. The van der Waals surface area contributed by atoms with E-state index in [1.807, 2.05) is 26.8 Å². The van der Waals surface area contributed by atoms with Crippen LogP contribution in [-0.4, -0.2) is 26.6 Å². The summed E-state index contributed by atoms with van der Waals surface area (Å²) in [5.41, 5.74) is 4.48. The van der Waals surface area contributed by atoms with Crippen LogP contribution in [0.5, 0.6) is 0 Å². The molecule has 0 atom stereocenters. The largest absolute Gasteiger partial charge is 0.359 e. The van der Waals surface area contributed by atoms with Crippen LogP contribution in [0.25, 0.3) is 11.6 Å². The van der Waals surface area contributed by atoms with Crippen LogP contribution in [0, 0.1) is 13.8 Å². The molecule has 3 heterocycles. The van der Waals surface area contributed by atoms with Crippen molar-refractivity contribution in [2.75, 3.05) is 11.1 Å². The molecular weight excluding hydrogens is 284 g/mol. The minimum Gasteiger partial charge on any atom is -0.359 e. The fourth-order valence-electron chi connectivity index (χ4n) is 2.34. The number of thioether (sulfide) groups is 1. The highest BCUT2D eigenvalue weighted by atomic mass is 32.2. The lowest BCUT2D eigenvalue weighted by molar-refractivity contribution is -0.110. The number of amides is 1. The van der Waals surface area contributed by atoms with Crippen molar-refractivity contribution >= 4 is 35.1 Å². The van der Waals surface area contributed by atoms with E-state index in [1.165, 1.54) is 0 Å². The third-order valence-electron chi connectivity index (χ3n) is 3.29. The summed E-state index contributed by atoms with van der Waals surface area (Å²) in [6, 6.07) is 2.05. The van der Waals surface area contributed by atoms with Gasteiger partial charge in [0.1, 0.15) is 5.82 Å². The maximum atomic E-state index is 12.2. The molecule has 0 saturated carbocycles. The average molecular weight is 300 g/mol. The van der Waals surface area contributed by atoms with Crippen molar-refractivity contribution in [2.45, 2.75) is 25.9 Å². The van der Waals surface area contributed by atoms with E-state index in [4.69, 9.17) is 0 Å². The van der Waals surface area contributed by atoms with E-state index in [9.17, 15) is 4.79 Å². The molecule has 0 radical (unpaired) electrons. The van der Waals surface area contributed by atoms with Crippen molar-refractivity contribution in [1.29, 1.82) is 0 Å². The smallest absolute Gasteiger partial charge is 0.257 e. The average Bonchev–Trinajstić information content (AvgIpc) is 2.90. The maximum Gasteiger partial charge on any atom is 0.257 e. The first-order valence-corrected chi connectivity index (χ1v) is 7.76. The number of nitrogens with one attached hydrogen (secondary N) is 2. The number of anilines is 1. The van der Waals surface area contributed by atoms with Crippen LogP contribution in [-0.2, 0) is 4.79 Å². The van der Waals surface area contributed by atoms with Gasteiger partial charge in [-0.2, -0.15) is 0 Å². The second-order valence-electron chi connectivity index (χ2n) is 4.91. The SMILES string of the molecule is CCSc1ncc2c(n1)NC(=O)C2=Cc1[nH]c(C)cc1C. The van der Waals surface area contributed by atoms with Gasteiger partial charge in [0.25, 0.3) is 5.91 Å². The molecular formula is C15H16N4OS. The fraction of sp³-hybridized carbons (Fsp3) is 0.267. The summed E-state index contributed by atoms with van der Waals surface area (Å²) in [6.45, 7) is 6.05. The lowest BCUT2D eigenvalue weighted by atomic mass is 10.1. The summed E-state index contributed by atoms with van der Waals surface area (Å²) in [7, 11) is 0. The van der Waals surface area contributed by atoms with Crippen molar-refractivity contribution in [3.8, 4) is 0 Å². The van der Waals surface area contributed by atoms with E-state index in [0.29, 0.717) is 16.5 Å². The zero-order valence-corrected chi connectivity index (χ0v) is 13.0. The van der Waals surface area contributed by atoms with Gasteiger partial charge in [-0.15, -0.1) is 0 Å². The van der Waals surface area contributed by atoms with Gasteiger partial charge >= 0.3 is 0 Å². The number of hydrogen-bond donors (Lipinski definition) is 2. The molecule has 3 rings (SSSR count). The minimum atomic E-state index is -0.135. The van der Waals surface area contributed by atoms with Crippen molar-refractivity contribution < 1.29 is 4.79 Å². The van der Waals surface area contributed by atoms with E-state index in [2.05, 4.69) is 26.3 Å². The molecule has 1 aliphatic heterocycles. The summed E-state index contributed by atoms with van der Waals surface area (Å²) < 4.78 is 0. The number of aromatic amines is 1. The molecule has 2 N–H and O–H groups in total. The van der Waals surface area contributed by atoms with Crippen molar-refractivity contribution in [3.63, 3.8) is 0 Å². The summed E-state index contributed by atoms with van der Waals surface area (Å²) in [6.07, 6.45) is 3.58. The van der Waals surface area contributed by atoms with Gasteiger partial charge in [0, 0.05) is 23.1 Å². The molecule has 0 bridgehead atoms. The number of aromatic nitrogens is 3. The van der Waals surface area contributed by atoms with Crippen molar-refractivity contribution in [1.82, 2.24) is 15.0 Å². The molecule has 108 valence electrons. The second-order valence-corrected chi connectivity index (χ2v) is 6.14. The minimum absolute atomic E-state index is 0.135. The van der Waals surface area contributed by atoms with Gasteiger partial charge in [-0.05, 0) is 37.3 Å². The van der Waals surface area contributed by atoms with Crippen molar-refractivity contribution in [3.05, 3.63) is 34.8 Å². The predicted octanol–water partition coefficient (Wildman–Crippen LogP) is 3.03. The number of H-pyrrole nitrogens is 1. The van der Waals surface area contributed by atoms with Gasteiger partial charge in [0.2, 0.25) is 0 Å². The Kier molecular flexibility index (Phi) is 3.55. The molecule has 0 unspecified atom stereocenters. The third-order valence-corrected chi connectivity index (χ3v) is 4.03. The van der Waals surface area contributed by atoms with Crippen LogP contribution >= 0.6 is 11.8 Å². The Bertz CT molecular complexity index is 748. The zero-order valence-electron chi connectivity index (χ0n) is 12.2. The van der Waals surface area contributed by atoms with E-state index in [0.717, 1.165) is 28.3 Å². The van der Waals surface area contributed by atoms with Crippen LogP contribution in [0.15, 0.2) is 17.4 Å². The van der Waals surface area contributed by atoms with Gasteiger partial charge in [-0.1, -0.05) is 18.7 Å². The quantitative estimate of drug-likeness (QED) is 0.519. The maximum absolute atomic E-state index is 12.2. The topological polar surface area (TPSA) is 70.7 Å². The van der Waals surface area contributed by atoms with Crippen LogP contribution in [0.2, 0.25) is 0 Å². The summed E-state index contributed by atoms with van der Waals surface area (Å²) >= 11 is 1.55. The lowest BCUT2D eigenvalue weighted by Crippen LogP contribution is -2.04. The van der Waals surface area contributed by atoms with Crippen molar-refractivity contribution in [2.24, 2.45) is 0 Å².